The van der Waals surface area contributed by atoms with Crippen LogP contribution in [0.1, 0.15) is 44.7 Å². The fourth-order valence-electron chi connectivity index (χ4n) is 1.88. The van der Waals surface area contributed by atoms with E-state index in [9.17, 15) is 0 Å². The molecule has 0 fully saturated rings. The number of ether oxygens (including phenoxy) is 1. The predicted octanol–water partition coefficient (Wildman–Crippen LogP) is 3.93. The maximum atomic E-state index is 6.22. The monoisotopic (exact) mass is 255 g/mol. The van der Waals surface area contributed by atoms with Gasteiger partial charge in [0.05, 0.1) is 12.1 Å². The summed E-state index contributed by atoms with van der Waals surface area (Å²) < 4.78 is 5.28. The number of rotatable bonds is 4. The van der Waals surface area contributed by atoms with Gasteiger partial charge in [-0.25, -0.2) is 0 Å². The largest absolute Gasteiger partial charge is 0.495 e. The molecule has 0 amide bonds. The minimum absolute atomic E-state index is 0.102. The van der Waals surface area contributed by atoms with Crippen LogP contribution in [0.3, 0.4) is 0 Å². The van der Waals surface area contributed by atoms with Crippen LogP contribution in [0.2, 0.25) is 5.02 Å². The second-order valence-corrected chi connectivity index (χ2v) is 5.51. The Bertz CT molecular complexity index is 399. The van der Waals surface area contributed by atoms with Crippen LogP contribution in [0.15, 0.2) is 12.1 Å². The number of halogens is 1. The Morgan fingerprint density at radius 2 is 1.88 bits per heavy atom. The Morgan fingerprint density at radius 3 is 2.29 bits per heavy atom. The topological polar surface area (TPSA) is 21.3 Å². The van der Waals surface area contributed by atoms with Gasteiger partial charge in [0.15, 0.2) is 0 Å². The molecule has 1 rings (SSSR count). The molecule has 0 bridgehead atoms. The lowest BCUT2D eigenvalue weighted by molar-refractivity contribution is 0.409. The summed E-state index contributed by atoms with van der Waals surface area (Å²) in [5, 5.41) is 3.98. The predicted molar refractivity (Wildman–Crippen MR) is 74.2 cm³/mol. The molecule has 0 aromatic heterocycles. The van der Waals surface area contributed by atoms with E-state index in [1.165, 1.54) is 11.1 Å². The van der Waals surface area contributed by atoms with Crippen LogP contribution >= 0.6 is 11.6 Å². The van der Waals surface area contributed by atoms with Crippen molar-refractivity contribution in [2.45, 2.75) is 39.2 Å². The first-order valence-electron chi connectivity index (χ1n) is 5.90. The van der Waals surface area contributed by atoms with Gasteiger partial charge < -0.3 is 10.1 Å². The molecule has 0 aliphatic carbocycles. The molecule has 17 heavy (non-hydrogen) atoms. The van der Waals surface area contributed by atoms with Gasteiger partial charge in [-0.05, 0) is 50.1 Å². The van der Waals surface area contributed by atoms with Crippen LogP contribution in [0.25, 0.3) is 0 Å². The second kappa shape index (κ2) is 5.28. The molecule has 0 spiro atoms. The Kier molecular flexibility index (Phi) is 4.45. The number of methoxy groups -OCH3 is 1. The maximum absolute atomic E-state index is 6.22. The normalized spacial score (nSPS) is 12.0. The summed E-state index contributed by atoms with van der Waals surface area (Å²) in [6.07, 6.45) is 0. The second-order valence-electron chi connectivity index (χ2n) is 5.10. The Labute approximate surface area is 109 Å². The Hall–Kier alpha value is -0.730. The quantitative estimate of drug-likeness (QED) is 0.880. The maximum Gasteiger partial charge on any atom is 0.137 e. The summed E-state index contributed by atoms with van der Waals surface area (Å²) in [5.41, 5.74) is 2.39. The van der Waals surface area contributed by atoms with Crippen molar-refractivity contribution in [3.05, 3.63) is 28.3 Å². The lowest BCUT2D eigenvalue weighted by Crippen LogP contribution is -2.34. The van der Waals surface area contributed by atoms with Gasteiger partial charge in [0.25, 0.3) is 0 Å². The van der Waals surface area contributed by atoms with E-state index in [2.05, 4.69) is 33.0 Å². The van der Waals surface area contributed by atoms with Gasteiger partial charge in [0.2, 0.25) is 0 Å². The van der Waals surface area contributed by atoms with E-state index in [1.54, 1.807) is 7.11 Å². The third-order valence-corrected chi connectivity index (χ3v) is 3.54. The van der Waals surface area contributed by atoms with E-state index in [-0.39, 0.29) is 5.54 Å². The van der Waals surface area contributed by atoms with Gasteiger partial charge >= 0.3 is 0 Å². The molecule has 2 nitrogen and oxygen atoms in total. The van der Waals surface area contributed by atoms with Crippen LogP contribution < -0.4 is 10.1 Å². The summed E-state index contributed by atoms with van der Waals surface area (Å²) >= 11 is 6.22. The van der Waals surface area contributed by atoms with Gasteiger partial charge in [-0.3, -0.25) is 0 Å². The van der Waals surface area contributed by atoms with Gasteiger partial charge in [-0.1, -0.05) is 25.4 Å². The van der Waals surface area contributed by atoms with Crippen molar-refractivity contribution in [2.75, 3.05) is 14.2 Å². The average Bonchev–Trinajstić information content (AvgIpc) is 2.28. The summed E-state index contributed by atoms with van der Waals surface area (Å²) in [5.74, 6) is 1.18. The first kappa shape index (κ1) is 14.3. The number of benzene rings is 1. The van der Waals surface area contributed by atoms with E-state index in [4.69, 9.17) is 16.3 Å². The minimum atomic E-state index is -0.102. The fraction of sp³-hybridized carbons (Fsp3) is 0.571. The van der Waals surface area contributed by atoms with Crippen LogP contribution in [-0.2, 0) is 5.54 Å². The molecule has 0 radical (unpaired) electrons. The van der Waals surface area contributed by atoms with Crippen molar-refractivity contribution in [3.63, 3.8) is 0 Å². The van der Waals surface area contributed by atoms with Crippen LogP contribution in [0, 0.1) is 0 Å². The molecule has 1 N–H and O–H groups in total. The summed E-state index contributed by atoms with van der Waals surface area (Å²) in [6, 6.07) is 4.05. The molecule has 0 aliphatic rings. The van der Waals surface area contributed by atoms with Gasteiger partial charge in [0, 0.05) is 5.54 Å². The zero-order valence-electron chi connectivity index (χ0n) is 11.5. The van der Waals surface area contributed by atoms with Crippen molar-refractivity contribution >= 4 is 11.6 Å². The molecule has 1 aromatic rings. The first-order valence-corrected chi connectivity index (χ1v) is 6.28. The van der Waals surface area contributed by atoms with Gasteiger partial charge in [-0.15, -0.1) is 0 Å². The first-order chi connectivity index (χ1) is 7.83. The molecule has 0 heterocycles. The van der Waals surface area contributed by atoms with Crippen molar-refractivity contribution in [3.8, 4) is 5.75 Å². The van der Waals surface area contributed by atoms with Gasteiger partial charge in [-0.2, -0.15) is 0 Å². The molecule has 96 valence electrons. The molecular weight excluding hydrogens is 234 g/mol. The fourth-order valence-corrected chi connectivity index (χ4v) is 2.12. The number of hydrogen-bond acceptors (Lipinski definition) is 2. The summed E-state index contributed by atoms with van der Waals surface area (Å²) in [7, 11) is 3.61. The van der Waals surface area contributed by atoms with Crippen LogP contribution in [0.4, 0.5) is 0 Å². The molecule has 0 unspecified atom stereocenters. The highest BCUT2D eigenvalue weighted by molar-refractivity contribution is 6.32. The molecule has 1 aromatic carbocycles. The number of nitrogens with one attached hydrogen (secondary N) is 1. The SMILES string of the molecule is CNC(C)(C)c1cc(Cl)c(OC)cc1C(C)C. The minimum Gasteiger partial charge on any atom is -0.495 e. The zero-order valence-corrected chi connectivity index (χ0v) is 12.3. The van der Waals surface area contributed by atoms with Crippen molar-refractivity contribution in [1.82, 2.24) is 5.32 Å². The standard InChI is InChI=1S/C14H22ClNO/c1-9(2)10-7-13(17-6)12(15)8-11(10)14(3,4)16-5/h7-9,16H,1-6H3. The summed E-state index contributed by atoms with van der Waals surface area (Å²) in [6.45, 7) is 8.66. The van der Waals surface area contributed by atoms with E-state index >= 15 is 0 Å². The smallest absolute Gasteiger partial charge is 0.137 e. The van der Waals surface area contributed by atoms with E-state index < -0.39 is 0 Å². The molecule has 0 aliphatic heterocycles. The van der Waals surface area contributed by atoms with Crippen molar-refractivity contribution in [1.29, 1.82) is 0 Å². The van der Waals surface area contributed by atoms with Crippen molar-refractivity contribution < 1.29 is 4.74 Å². The molecule has 0 saturated carbocycles. The molecule has 3 heteroatoms. The number of hydrogen-bond donors (Lipinski definition) is 1. The molecule has 0 saturated heterocycles. The average molecular weight is 256 g/mol. The van der Waals surface area contributed by atoms with E-state index in [1.807, 2.05) is 19.2 Å². The highest BCUT2D eigenvalue weighted by Gasteiger charge is 2.24. The zero-order chi connectivity index (χ0) is 13.2. The summed E-state index contributed by atoms with van der Waals surface area (Å²) in [4.78, 5) is 0. The Morgan fingerprint density at radius 1 is 1.29 bits per heavy atom. The highest BCUT2D eigenvalue weighted by atomic mass is 35.5. The third kappa shape index (κ3) is 2.93. The van der Waals surface area contributed by atoms with Crippen LogP contribution in [0.5, 0.6) is 5.75 Å². The lowest BCUT2D eigenvalue weighted by atomic mass is 9.85. The molecular formula is C14H22ClNO. The molecule has 0 atom stereocenters. The van der Waals surface area contributed by atoms with E-state index in [0.29, 0.717) is 10.9 Å². The Balaban J connectivity index is 3.43. The van der Waals surface area contributed by atoms with Crippen molar-refractivity contribution in [2.24, 2.45) is 0 Å². The third-order valence-electron chi connectivity index (χ3n) is 3.24. The van der Waals surface area contributed by atoms with Gasteiger partial charge in [0.1, 0.15) is 5.75 Å². The van der Waals surface area contributed by atoms with E-state index in [0.717, 1.165) is 5.75 Å². The van der Waals surface area contributed by atoms with Crippen LogP contribution in [-0.4, -0.2) is 14.2 Å². The highest BCUT2D eigenvalue weighted by Crippen LogP contribution is 2.36. The lowest BCUT2D eigenvalue weighted by Gasteiger charge is -2.29.